The van der Waals surface area contributed by atoms with Gasteiger partial charge >= 0.3 is 0 Å². The summed E-state index contributed by atoms with van der Waals surface area (Å²) in [5.74, 6) is 4.49. The van der Waals surface area contributed by atoms with E-state index in [1.54, 1.807) is 0 Å². The summed E-state index contributed by atoms with van der Waals surface area (Å²) in [5, 5.41) is 9.86. The normalized spacial score (nSPS) is 35.9. The van der Waals surface area contributed by atoms with Crippen molar-refractivity contribution in [2.75, 3.05) is 6.54 Å². The number of hydrogen-bond donors (Lipinski definition) is 3. The topological polar surface area (TPSA) is 92.6 Å². The average Bonchev–Trinajstić information content (AvgIpc) is 1.97. The molecule has 0 spiro atoms. The van der Waals surface area contributed by atoms with Crippen molar-refractivity contribution in [1.29, 1.82) is 0 Å². The zero-order valence-electron chi connectivity index (χ0n) is 4.87. The largest absolute Gasteiger partial charge is 0.367 e. The van der Waals surface area contributed by atoms with Gasteiger partial charge in [0.05, 0.1) is 0 Å². The summed E-state index contributed by atoms with van der Waals surface area (Å²) >= 11 is 0. The van der Waals surface area contributed by atoms with Crippen LogP contribution in [0.4, 0.5) is 0 Å². The second-order valence-electron chi connectivity index (χ2n) is 2.17. The number of carbonyl (C=O) groups excluding carboxylic acids is 1. The molecular weight excluding hydrogens is 122 g/mol. The highest BCUT2D eigenvalue weighted by molar-refractivity contribution is 5.85. The van der Waals surface area contributed by atoms with Gasteiger partial charge in [0.2, 0.25) is 0 Å². The van der Waals surface area contributed by atoms with E-state index in [0.717, 1.165) is 5.01 Å². The molecule has 0 radical (unpaired) electrons. The van der Waals surface area contributed by atoms with Gasteiger partial charge in [0.1, 0.15) is 0 Å². The Hall–Kier alpha value is -0.650. The van der Waals surface area contributed by atoms with Crippen LogP contribution in [0, 0.1) is 0 Å². The summed E-state index contributed by atoms with van der Waals surface area (Å²) in [5.41, 5.74) is 3.38. The Morgan fingerprint density at radius 3 is 2.44 bits per heavy atom. The molecule has 1 atom stereocenters. The Kier molecular flexibility index (Phi) is 1.20. The zero-order valence-corrected chi connectivity index (χ0v) is 4.87. The molecule has 0 saturated carbocycles. The van der Waals surface area contributed by atoms with Crippen molar-refractivity contribution >= 4 is 5.91 Å². The second-order valence-corrected chi connectivity index (χ2v) is 2.17. The molecule has 0 aliphatic carbocycles. The number of hydrogen-bond acceptors (Lipinski definition) is 4. The van der Waals surface area contributed by atoms with Crippen molar-refractivity contribution in [2.45, 2.75) is 12.1 Å². The van der Waals surface area contributed by atoms with Crippen molar-refractivity contribution in [3.8, 4) is 0 Å². The maximum Gasteiger partial charge on any atom is 0.283 e. The van der Waals surface area contributed by atoms with Gasteiger partial charge in [0, 0.05) is 13.0 Å². The molecule has 9 heavy (non-hydrogen) atoms. The third kappa shape index (κ3) is 0.893. The van der Waals surface area contributed by atoms with Gasteiger partial charge in [-0.05, 0) is 0 Å². The number of nitrogens with two attached hydrogens (primary N) is 2. The average molecular weight is 131 g/mol. The SMILES string of the molecule is NN1CCC(N)(O)C1=O. The summed E-state index contributed by atoms with van der Waals surface area (Å²) in [7, 11) is 0. The molecule has 1 saturated heterocycles. The van der Waals surface area contributed by atoms with Gasteiger partial charge in [0.25, 0.3) is 5.91 Å². The monoisotopic (exact) mass is 131 g/mol. The van der Waals surface area contributed by atoms with Gasteiger partial charge in [-0.3, -0.25) is 15.5 Å². The number of amides is 1. The lowest BCUT2D eigenvalue weighted by Gasteiger charge is -2.12. The van der Waals surface area contributed by atoms with E-state index in [2.05, 4.69) is 0 Å². The molecule has 1 fully saturated rings. The molecule has 52 valence electrons. The highest BCUT2D eigenvalue weighted by Crippen LogP contribution is 2.13. The number of rotatable bonds is 0. The van der Waals surface area contributed by atoms with Crippen LogP contribution < -0.4 is 11.6 Å². The molecule has 1 heterocycles. The standard InChI is InChI=1S/C4H9N3O2/c5-4(9)1-2-7(6)3(4)8/h9H,1-2,5-6H2. The van der Waals surface area contributed by atoms with E-state index >= 15 is 0 Å². The molecule has 0 aromatic heterocycles. The van der Waals surface area contributed by atoms with Crippen LogP contribution >= 0.6 is 0 Å². The van der Waals surface area contributed by atoms with Crippen LogP contribution in [-0.4, -0.2) is 28.3 Å². The first-order valence-corrected chi connectivity index (χ1v) is 2.62. The maximum absolute atomic E-state index is 10.7. The Balaban J connectivity index is 2.74. The summed E-state index contributed by atoms with van der Waals surface area (Å²) in [6.45, 7) is 0.325. The molecular formula is C4H9N3O2. The van der Waals surface area contributed by atoms with Gasteiger partial charge in [0.15, 0.2) is 5.72 Å². The lowest BCUT2D eigenvalue weighted by atomic mass is 10.2. The zero-order chi connectivity index (χ0) is 7.07. The Bertz CT molecular complexity index is 145. The van der Waals surface area contributed by atoms with Crippen molar-refractivity contribution in [3.63, 3.8) is 0 Å². The molecule has 1 unspecified atom stereocenters. The van der Waals surface area contributed by atoms with Gasteiger partial charge in [-0.25, -0.2) is 5.84 Å². The minimum atomic E-state index is -1.71. The van der Waals surface area contributed by atoms with E-state index in [9.17, 15) is 4.79 Å². The van der Waals surface area contributed by atoms with Crippen LogP contribution in [0.2, 0.25) is 0 Å². The van der Waals surface area contributed by atoms with E-state index in [1.165, 1.54) is 0 Å². The minimum Gasteiger partial charge on any atom is -0.367 e. The number of aliphatic hydroxyl groups is 1. The first-order valence-electron chi connectivity index (χ1n) is 2.62. The highest BCUT2D eigenvalue weighted by atomic mass is 16.3. The second kappa shape index (κ2) is 1.66. The number of nitrogens with zero attached hydrogens (tertiary/aromatic N) is 1. The van der Waals surface area contributed by atoms with Gasteiger partial charge in [-0.2, -0.15) is 0 Å². The predicted molar refractivity (Wildman–Crippen MR) is 29.7 cm³/mol. The molecule has 1 aliphatic heterocycles. The summed E-state index contributed by atoms with van der Waals surface area (Å²) in [6.07, 6.45) is 0.211. The van der Waals surface area contributed by atoms with Crippen LogP contribution in [0.3, 0.4) is 0 Å². The van der Waals surface area contributed by atoms with Crippen molar-refractivity contribution < 1.29 is 9.90 Å². The lowest BCUT2D eigenvalue weighted by Crippen LogP contribution is -2.49. The minimum absolute atomic E-state index is 0.211. The smallest absolute Gasteiger partial charge is 0.283 e. The first kappa shape index (κ1) is 6.47. The van der Waals surface area contributed by atoms with Crippen LogP contribution in [0.25, 0.3) is 0 Å². The Labute approximate surface area is 52.2 Å². The van der Waals surface area contributed by atoms with E-state index in [1.807, 2.05) is 0 Å². The fraction of sp³-hybridized carbons (Fsp3) is 0.750. The van der Waals surface area contributed by atoms with E-state index < -0.39 is 11.6 Å². The van der Waals surface area contributed by atoms with Gasteiger partial charge in [-0.1, -0.05) is 0 Å². The van der Waals surface area contributed by atoms with Crippen molar-refractivity contribution in [1.82, 2.24) is 5.01 Å². The fourth-order valence-corrected chi connectivity index (χ4v) is 0.748. The fourth-order valence-electron chi connectivity index (χ4n) is 0.748. The van der Waals surface area contributed by atoms with Crippen LogP contribution in [0.1, 0.15) is 6.42 Å². The molecule has 1 aliphatic rings. The first-order chi connectivity index (χ1) is 4.04. The lowest BCUT2D eigenvalue weighted by molar-refractivity contribution is -0.142. The van der Waals surface area contributed by atoms with Crippen molar-refractivity contribution in [3.05, 3.63) is 0 Å². The number of hydrazine groups is 1. The third-order valence-corrected chi connectivity index (χ3v) is 1.37. The third-order valence-electron chi connectivity index (χ3n) is 1.37. The molecule has 1 amide bonds. The van der Waals surface area contributed by atoms with Gasteiger partial charge in [-0.15, -0.1) is 0 Å². The van der Waals surface area contributed by atoms with Crippen LogP contribution in [0.5, 0.6) is 0 Å². The van der Waals surface area contributed by atoms with Crippen LogP contribution in [-0.2, 0) is 4.79 Å². The Morgan fingerprint density at radius 2 is 2.33 bits per heavy atom. The molecule has 5 N–H and O–H groups in total. The Morgan fingerprint density at radius 1 is 1.78 bits per heavy atom. The van der Waals surface area contributed by atoms with E-state index in [0.29, 0.717) is 6.54 Å². The molecule has 5 nitrogen and oxygen atoms in total. The quantitative estimate of drug-likeness (QED) is 0.196. The summed E-state index contributed by atoms with van der Waals surface area (Å²) < 4.78 is 0. The van der Waals surface area contributed by atoms with E-state index in [-0.39, 0.29) is 6.42 Å². The summed E-state index contributed by atoms with van der Waals surface area (Å²) in [4.78, 5) is 10.7. The predicted octanol–water partition coefficient (Wildman–Crippen LogP) is -2.26. The maximum atomic E-state index is 10.7. The molecule has 0 aromatic carbocycles. The molecule has 0 bridgehead atoms. The van der Waals surface area contributed by atoms with Gasteiger partial charge < -0.3 is 5.11 Å². The van der Waals surface area contributed by atoms with Crippen molar-refractivity contribution in [2.24, 2.45) is 11.6 Å². The summed E-state index contributed by atoms with van der Waals surface area (Å²) in [6, 6.07) is 0. The molecule has 1 rings (SSSR count). The van der Waals surface area contributed by atoms with E-state index in [4.69, 9.17) is 16.7 Å². The highest BCUT2D eigenvalue weighted by Gasteiger charge is 2.40. The van der Waals surface area contributed by atoms with Crippen LogP contribution in [0.15, 0.2) is 0 Å². The molecule has 0 aromatic rings. The number of carbonyl (C=O) groups is 1. The molecule has 5 heteroatoms.